The second kappa shape index (κ2) is 8.49. The average molecular weight is 394 g/mol. The maximum atomic E-state index is 12.9. The Hall–Kier alpha value is -1.84. The summed E-state index contributed by atoms with van der Waals surface area (Å²) >= 11 is 0. The molecule has 2 aliphatic carbocycles. The minimum Gasteiger partial charge on any atom is -0.339 e. The molecule has 1 amide bonds. The summed E-state index contributed by atoms with van der Waals surface area (Å²) in [7, 11) is 0. The number of benzene rings is 1. The number of amides is 1. The quantitative estimate of drug-likeness (QED) is 0.658. The lowest BCUT2D eigenvalue weighted by atomic mass is 9.87. The van der Waals surface area contributed by atoms with Crippen LogP contribution in [0.25, 0.3) is 11.0 Å². The van der Waals surface area contributed by atoms with Gasteiger partial charge < -0.3 is 9.47 Å². The Bertz CT molecular complexity index is 845. The van der Waals surface area contributed by atoms with Crippen LogP contribution in [0.15, 0.2) is 24.3 Å². The number of para-hydroxylation sites is 2. The minimum atomic E-state index is 0.253. The Labute approximate surface area is 174 Å². The topological polar surface area (TPSA) is 38.1 Å². The van der Waals surface area contributed by atoms with E-state index in [9.17, 15) is 4.79 Å². The van der Waals surface area contributed by atoms with Crippen LogP contribution in [0.5, 0.6) is 0 Å². The highest BCUT2D eigenvalue weighted by Gasteiger charge is 2.37. The molecule has 1 saturated heterocycles. The molecule has 1 aromatic heterocycles. The number of hydrogen-bond acceptors (Lipinski definition) is 2. The first-order valence-corrected chi connectivity index (χ1v) is 12.0. The predicted octanol–water partition coefficient (Wildman–Crippen LogP) is 5.66. The predicted molar refractivity (Wildman–Crippen MR) is 117 cm³/mol. The molecule has 0 bridgehead atoms. The molecular weight excluding hydrogens is 358 g/mol. The van der Waals surface area contributed by atoms with Crippen LogP contribution in [-0.4, -0.2) is 32.9 Å². The van der Waals surface area contributed by atoms with E-state index in [1.807, 2.05) is 0 Å². The molecule has 3 fully saturated rings. The van der Waals surface area contributed by atoms with E-state index in [4.69, 9.17) is 4.98 Å². The molecule has 0 N–H and O–H groups in total. The van der Waals surface area contributed by atoms with E-state index in [1.165, 1.54) is 76.1 Å². The maximum absolute atomic E-state index is 12.9. The van der Waals surface area contributed by atoms with Gasteiger partial charge >= 0.3 is 0 Å². The van der Waals surface area contributed by atoms with Crippen molar-refractivity contribution in [3.63, 3.8) is 0 Å². The number of aromatic nitrogens is 2. The van der Waals surface area contributed by atoms with Gasteiger partial charge in [-0.2, -0.15) is 0 Å². The van der Waals surface area contributed by atoms with E-state index in [0.29, 0.717) is 18.4 Å². The van der Waals surface area contributed by atoms with Crippen molar-refractivity contribution in [1.82, 2.24) is 14.5 Å². The number of imidazole rings is 1. The number of aryl methyl sites for hydroxylation is 1. The standard InChI is InChI=1S/C25H35N3O/c29-24-17-20(18-28(24)21-11-5-2-6-12-21)25-26-22-13-7-8-14-23(22)27(25)16-15-19-9-3-1-4-10-19/h7-8,13-14,19-21H,1-6,9-12,15-18H2. The molecule has 156 valence electrons. The van der Waals surface area contributed by atoms with E-state index in [2.05, 4.69) is 33.7 Å². The highest BCUT2D eigenvalue weighted by Crippen LogP contribution is 2.35. The van der Waals surface area contributed by atoms with E-state index in [1.54, 1.807) is 0 Å². The first-order chi connectivity index (χ1) is 14.3. The number of nitrogens with zero attached hydrogens (tertiary/aromatic N) is 3. The normalized spacial score (nSPS) is 24.6. The lowest BCUT2D eigenvalue weighted by Crippen LogP contribution is -2.37. The molecule has 0 spiro atoms. The Balaban J connectivity index is 1.38. The summed E-state index contributed by atoms with van der Waals surface area (Å²) < 4.78 is 2.46. The van der Waals surface area contributed by atoms with Gasteiger partial charge in [0.05, 0.1) is 11.0 Å². The molecule has 1 aromatic carbocycles. The van der Waals surface area contributed by atoms with Gasteiger partial charge in [-0.1, -0.05) is 63.5 Å². The second-order valence-electron chi connectivity index (χ2n) is 9.64. The van der Waals surface area contributed by atoms with Crippen molar-refractivity contribution in [2.45, 2.75) is 95.6 Å². The van der Waals surface area contributed by atoms with Crippen molar-refractivity contribution in [2.24, 2.45) is 5.92 Å². The third-order valence-corrected chi connectivity index (χ3v) is 7.71. The van der Waals surface area contributed by atoms with Crippen LogP contribution in [0.2, 0.25) is 0 Å². The Kier molecular flexibility index (Phi) is 5.61. The van der Waals surface area contributed by atoms with Gasteiger partial charge in [-0.15, -0.1) is 0 Å². The maximum Gasteiger partial charge on any atom is 0.223 e. The summed E-state index contributed by atoms with van der Waals surface area (Å²) in [4.78, 5) is 20.1. The van der Waals surface area contributed by atoms with Crippen molar-refractivity contribution in [2.75, 3.05) is 6.54 Å². The lowest BCUT2D eigenvalue weighted by Gasteiger charge is -2.31. The van der Waals surface area contributed by atoms with Gasteiger partial charge in [0.15, 0.2) is 0 Å². The van der Waals surface area contributed by atoms with E-state index in [-0.39, 0.29) is 5.92 Å². The fourth-order valence-electron chi connectivity index (χ4n) is 6.08. The number of fused-ring (bicyclic) bond motifs is 1. The number of rotatable bonds is 5. The summed E-state index contributed by atoms with van der Waals surface area (Å²) in [5.74, 6) is 2.63. The van der Waals surface area contributed by atoms with Gasteiger partial charge in [-0.3, -0.25) is 4.79 Å². The van der Waals surface area contributed by atoms with Crippen LogP contribution in [0, 0.1) is 5.92 Å². The van der Waals surface area contributed by atoms with Crippen LogP contribution >= 0.6 is 0 Å². The zero-order valence-corrected chi connectivity index (χ0v) is 17.7. The van der Waals surface area contributed by atoms with E-state index < -0.39 is 0 Å². The molecule has 2 saturated carbocycles. The van der Waals surface area contributed by atoms with Gasteiger partial charge in [0, 0.05) is 31.5 Å². The molecule has 2 aromatic rings. The third-order valence-electron chi connectivity index (χ3n) is 7.71. The molecule has 4 nitrogen and oxygen atoms in total. The molecule has 3 aliphatic rings. The van der Waals surface area contributed by atoms with Crippen molar-refractivity contribution >= 4 is 16.9 Å². The monoisotopic (exact) mass is 393 g/mol. The second-order valence-corrected chi connectivity index (χ2v) is 9.64. The summed E-state index contributed by atoms with van der Waals surface area (Å²) in [6.45, 7) is 1.92. The van der Waals surface area contributed by atoms with Crippen LogP contribution in [-0.2, 0) is 11.3 Å². The van der Waals surface area contributed by atoms with Crippen molar-refractivity contribution in [3.05, 3.63) is 30.1 Å². The van der Waals surface area contributed by atoms with Crippen molar-refractivity contribution < 1.29 is 4.79 Å². The Morgan fingerprint density at radius 2 is 1.66 bits per heavy atom. The minimum absolute atomic E-state index is 0.253. The SMILES string of the molecule is O=C1CC(c2nc3ccccc3n2CCC2CCCCC2)CN1C1CCCCC1. The van der Waals surface area contributed by atoms with Gasteiger partial charge in [0.2, 0.25) is 5.91 Å². The van der Waals surface area contributed by atoms with Gasteiger partial charge in [-0.25, -0.2) is 4.98 Å². The Morgan fingerprint density at radius 3 is 2.45 bits per heavy atom. The van der Waals surface area contributed by atoms with E-state index in [0.717, 1.165) is 30.3 Å². The molecule has 4 heteroatoms. The summed E-state index contributed by atoms with van der Waals surface area (Å²) in [6.07, 6.45) is 15.1. The van der Waals surface area contributed by atoms with Crippen molar-refractivity contribution in [3.8, 4) is 0 Å². The summed E-state index contributed by atoms with van der Waals surface area (Å²) in [6, 6.07) is 9.02. The molecule has 1 aliphatic heterocycles. The summed E-state index contributed by atoms with van der Waals surface area (Å²) in [5, 5.41) is 0. The van der Waals surface area contributed by atoms with Crippen LogP contribution in [0.4, 0.5) is 0 Å². The first kappa shape index (κ1) is 19.1. The zero-order valence-electron chi connectivity index (χ0n) is 17.7. The van der Waals surface area contributed by atoms with Gasteiger partial charge in [0.25, 0.3) is 0 Å². The van der Waals surface area contributed by atoms with Crippen LogP contribution < -0.4 is 0 Å². The number of hydrogen-bond donors (Lipinski definition) is 0. The smallest absolute Gasteiger partial charge is 0.223 e. The van der Waals surface area contributed by atoms with Crippen LogP contribution in [0.3, 0.4) is 0 Å². The summed E-state index contributed by atoms with van der Waals surface area (Å²) in [5.41, 5.74) is 2.34. The van der Waals surface area contributed by atoms with Gasteiger partial charge in [0.1, 0.15) is 5.82 Å². The van der Waals surface area contributed by atoms with Crippen molar-refractivity contribution in [1.29, 1.82) is 0 Å². The lowest BCUT2D eigenvalue weighted by molar-refractivity contribution is -0.130. The molecular formula is C25H35N3O. The molecule has 1 atom stereocenters. The fraction of sp³-hybridized carbons (Fsp3) is 0.680. The third kappa shape index (κ3) is 3.95. The molecule has 2 heterocycles. The average Bonchev–Trinajstić information content (AvgIpc) is 3.34. The Morgan fingerprint density at radius 1 is 0.931 bits per heavy atom. The number of likely N-dealkylation sites (tertiary alicyclic amines) is 1. The largest absolute Gasteiger partial charge is 0.339 e. The molecule has 5 rings (SSSR count). The van der Waals surface area contributed by atoms with E-state index >= 15 is 0 Å². The first-order valence-electron chi connectivity index (χ1n) is 12.0. The van der Waals surface area contributed by atoms with Crippen LogP contribution in [0.1, 0.15) is 88.8 Å². The molecule has 29 heavy (non-hydrogen) atoms. The number of carbonyl (C=O) groups excluding carboxylic acids is 1. The zero-order chi connectivity index (χ0) is 19.6. The number of carbonyl (C=O) groups is 1. The fourth-order valence-corrected chi connectivity index (χ4v) is 6.08. The molecule has 0 radical (unpaired) electrons. The molecule has 1 unspecified atom stereocenters. The highest BCUT2D eigenvalue weighted by atomic mass is 16.2. The highest BCUT2D eigenvalue weighted by molar-refractivity contribution is 5.81. The van der Waals surface area contributed by atoms with Gasteiger partial charge in [-0.05, 0) is 37.3 Å².